The third-order valence-electron chi connectivity index (χ3n) is 5.20. The number of carbonyl (C=O) groups is 2. The van der Waals surface area contributed by atoms with Crippen LogP contribution in [-0.4, -0.2) is 84.4 Å². The summed E-state index contributed by atoms with van der Waals surface area (Å²) in [4.78, 5) is 40.6. The van der Waals surface area contributed by atoms with Gasteiger partial charge in [0.1, 0.15) is 5.82 Å². The highest BCUT2D eigenvalue weighted by Crippen LogP contribution is 2.20. The molecule has 0 aliphatic carbocycles. The molecule has 2 aliphatic heterocycles. The van der Waals surface area contributed by atoms with Gasteiger partial charge < -0.3 is 24.0 Å². The topological polar surface area (TPSA) is 86.0 Å². The normalized spacial score (nSPS) is 17.8. The summed E-state index contributed by atoms with van der Waals surface area (Å²) in [5, 5.41) is 0. The van der Waals surface area contributed by atoms with Crippen molar-refractivity contribution >= 4 is 24.1 Å². The van der Waals surface area contributed by atoms with Crippen LogP contribution in [0.25, 0.3) is 0 Å². The Balaban J connectivity index is 1.42. The van der Waals surface area contributed by atoms with Crippen LogP contribution in [0.3, 0.4) is 0 Å². The number of aryl methyl sites for hydroxylation is 1. The highest BCUT2D eigenvalue weighted by Gasteiger charge is 2.25. The smallest absolute Gasteiger partial charge is 0.289 e. The fourth-order valence-electron chi connectivity index (χ4n) is 3.56. The van der Waals surface area contributed by atoms with Crippen LogP contribution >= 0.6 is 0 Å². The van der Waals surface area contributed by atoms with E-state index in [4.69, 9.17) is 9.40 Å². The molecule has 0 spiro atoms. The molecule has 4 rings (SSSR count). The number of rotatable bonds is 4. The van der Waals surface area contributed by atoms with Crippen molar-refractivity contribution in [1.29, 1.82) is 0 Å². The third kappa shape index (κ3) is 3.78. The predicted molar refractivity (Wildman–Crippen MR) is 103 cm³/mol. The van der Waals surface area contributed by atoms with Crippen molar-refractivity contribution in [3.63, 3.8) is 0 Å². The maximum absolute atomic E-state index is 12.4. The van der Waals surface area contributed by atoms with Crippen molar-refractivity contribution in [3.8, 4) is 0 Å². The first kappa shape index (κ1) is 18.3. The third-order valence-corrected chi connectivity index (χ3v) is 5.20. The van der Waals surface area contributed by atoms with E-state index in [-0.39, 0.29) is 5.91 Å². The molecule has 2 saturated heterocycles. The van der Waals surface area contributed by atoms with Crippen molar-refractivity contribution in [2.75, 3.05) is 62.2 Å². The van der Waals surface area contributed by atoms with E-state index in [2.05, 4.69) is 14.8 Å². The van der Waals surface area contributed by atoms with Gasteiger partial charge in [0.2, 0.25) is 12.4 Å². The fraction of sp³-hybridized carbons (Fsp3) is 0.474. The van der Waals surface area contributed by atoms with Gasteiger partial charge in [-0.1, -0.05) is 0 Å². The number of furan rings is 1. The van der Waals surface area contributed by atoms with Crippen molar-refractivity contribution < 1.29 is 14.0 Å². The summed E-state index contributed by atoms with van der Waals surface area (Å²) in [6.45, 7) is 7.45. The van der Waals surface area contributed by atoms with Gasteiger partial charge in [-0.2, -0.15) is 4.98 Å². The number of nitrogens with zero attached hydrogens (tertiary/aromatic N) is 6. The van der Waals surface area contributed by atoms with Gasteiger partial charge in [0.15, 0.2) is 5.76 Å². The van der Waals surface area contributed by atoms with Gasteiger partial charge in [0.25, 0.3) is 5.91 Å². The summed E-state index contributed by atoms with van der Waals surface area (Å²) in [5.41, 5.74) is 0.909. The van der Waals surface area contributed by atoms with E-state index in [9.17, 15) is 9.59 Å². The molecule has 2 aromatic rings. The monoisotopic (exact) mass is 384 g/mol. The molecule has 0 radical (unpaired) electrons. The van der Waals surface area contributed by atoms with Gasteiger partial charge in [-0.05, 0) is 19.1 Å². The molecule has 2 amide bonds. The van der Waals surface area contributed by atoms with Crippen LogP contribution in [0.4, 0.5) is 11.8 Å². The average molecular weight is 384 g/mol. The van der Waals surface area contributed by atoms with Crippen molar-refractivity contribution in [2.45, 2.75) is 6.92 Å². The second-order valence-electron chi connectivity index (χ2n) is 7.05. The molecule has 2 aromatic heterocycles. The molecular formula is C19H24N6O3. The van der Waals surface area contributed by atoms with E-state index >= 15 is 0 Å². The van der Waals surface area contributed by atoms with Crippen LogP contribution in [0, 0.1) is 6.92 Å². The number of amides is 2. The average Bonchev–Trinajstić information content (AvgIpc) is 3.28. The number of hydrogen-bond acceptors (Lipinski definition) is 7. The summed E-state index contributed by atoms with van der Waals surface area (Å²) in [6.07, 6.45) is 2.41. The van der Waals surface area contributed by atoms with Gasteiger partial charge in [-0.25, -0.2) is 4.98 Å². The molecule has 2 fully saturated rings. The molecule has 9 nitrogen and oxygen atoms in total. The lowest BCUT2D eigenvalue weighted by atomic mass is 10.2. The van der Waals surface area contributed by atoms with Crippen LogP contribution in [0.1, 0.15) is 16.2 Å². The number of aromatic nitrogens is 2. The summed E-state index contributed by atoms with van der Waals surface area (Å²) < 4.78 is 5.22. The maximum atomic E-state index is 12.4. The van der Waals surface area contributed by atoms with E-state index < -0.39 is 0 Å². The van der Waals surface area contributed by atoms with E-state index in [0.717, 1.165) is 31.0 Å². The number of piperazine rings is 2. The van der Waals surface area contributed by atoms with E-state index in [1.54, 1.807) is 17.0 Å². The summed E-state index contributed by atoms with van der Waals surface area (Å²) >= 11 is 0. The Bertz CT molecular complexity index is 824. The Morgan fingerprint density at radius 1 is 1.04 bits per heavy atom. The molecule has 0 bridgehead atoms. The lowest BCUT2D eigenvalue weighted by Gasteiger charge is -2.36. The summed E-state index contributed by atoms with van der Waals surface area (Å²) in [6, 6.07) is 5.40. The molecule has 9 heteroatoms. The second-order valence-corrected chi connectivity index (χ2v) is 7.05. The summed E-state index contributed by atoms with van der Waals surface area (Å²) in [5.74, 6) is 1.89. The summed E-state index contributed by atoms with van der Waals surface area (Å²) in [7, 11) is 0. The molecule has 0 saturated carbocycles. The first-order valence-corrected chi connectivity index (χ1v) is 9.52. The molecule has 4 heterocycles. The Hall–Kier alpha value is -3.10. The maximum Gasteiger partial charge on any atom is 0.289 e. The molecule has 0 atom stereocenters. The van der Waals surface area contributed by atoms with Crippen LogP contribution in [0.5, 0.6) is 0 Å². The number of hydrogen-bond donors (Lipinski definition) is 0. The Morgan fingerprint density at radius 3 is 2.39 bits per heavy atom. The number of carbonyl (C=O) groups excluding carboxylic acids is 2. The van der Waals surface area contributed by atoms with Gasteiger partial charge in [0.05, 0.1) is 6.26 Å². The molecule has 28 heavy (non-hydrogen) atoms. The van der Waals surface area contributed by atoms with Crippen molar-refractivity contribution in [3.05, 3.63) is 35.9 Å². The minimum Gasteiger partial charge on any atom is -0.459 e. The molecule has 0 unspecified atom stereocenters. The van der Waals surface area contributed by atoms with Gasteiger partial charge in [0, 0.05) is 64.1 Å². The molecule has 0 N–H and O–H groups in total. The lowest BCUT2D eigenvalue weighted by Crippen LogP contribution is -2.49. The first-order valence-electron chi connectivity index (χ1n) is 9.52. The number of anilines is 2. The Morgan fingerprint density at radius 2 is 1.75 bits per heavy atom. The fourth-order valence-corrected chi connectivity index (χ4v) is 3.56. The SMILES string of the molecule is Cc1cc(N2CCN(C(=O)c3ccco3)CC2)nc(N2CCN(C=O)CC2)n1. The van der Waals surface area contributed by atoms with Crippen LogP contribution < -0.4 is 9.80 Å². The van der Waals surface area contributed by atoms with Crippen LogP contribution in [-0.2, 0) is 4.79 Å². The van der Waals surface area contributed by atoms with E-state index in [1.165, 1.54) is 6.26 Å². The zero-order chi connectivity index (χ0) is 19.5. The predicted octanol–water partition coefficient (Wildman–Crippen LogP) is 0.619. The second kappa shape index (κ2) is 7.87. The largest absolute Gasteiger partial charge is 0.459 e. The zero-order valence-corrected chi connectivity index (χ0v) is 16.0. The Labute approximate surface area is 163 Å². The highest BCUT2D eigenvalue weighted by atomic mass is 16.3. The van der Waals surface area contributed by atoms with Gasteiger partial charge in [-0.3, -0.25) is 9.59 Å². The molecule has 2 aliphatic rings. The zero-order valence-electron chi connectivity index (χ0n) is 16.0. The molecule has 148 valence electrons. The van der Waals surface area contributed by atoms with Crippen LogP contribution in [0.15, 0.2) is 28.9 Å². The van der Waals surface area contributed by atoms with Crippen molar-refractivity contribution in [2.24, 2.45) is 0 Å². The van der Waals surface area contributed by atoms with E-state index in [0.29, 0.717) is 51.0 Å². The standard InChI is InChI=1S/C19H24N6O3/c1-15-13-17(21-19(20-15)25-6-4-22(14-26)5-7-25)23-8-10-24(11-9-23)18(27)16-3-2-12-28-16/h2-3,12-14H,4-11H2,1H3. The van der Waals surface area contributed by atoms with E-state index in [1.807, 2.05) is 17.9 Å². The van der Waals surface area contributed by atoms with Gasteiger partial charge in [-0.15, -0.1) is 0 Å². The molecular weight excluding hydrogens is 360 g/mol. The minimum absolute atomic E-state index is 0.0720. The highest BCUT2D eigenvalue weighted by molar-refractivity contribution is 5.91. The quantitative estimate of drug-likeness (QED) is 0.714. The van der Waals surface area contributed by atoms with Crippen LogP contribution in [0.2, 0.25) is 0 Å². The van der Waals surface area contributed by atoms with Crippen molar-refractivity contribution in [1.82, 2.24) is 19.8 Å². The lowest BCUT2D eigenvalue weighted by molar-refractivity contribution is -0.118. The minimum atomic E-state index is -0.0720. The Kier molecular flexibility index (Phi) is 5.14. The molecule has 0 aromatic carbocycles. The van der Waals surface area contributed by atoms with Gasteiger partial charge >= 0.3 is 0 Å². The first-order chi connectivity index (χ1) is 13.6.